The molecule has 20 heavy (non-hydrogen) atoms. The smallest absolute Gasteiger partial charge is 0.228 e. The number of halogens is 1. The number of nitrogens with two attached hydrogens (primary N) is 1. The van der Waals surface area contributed by atoms with Crippen molar-refractivity contribution in [3.8, 4) is 17.1 Å². The van der Waals surface area contributed by atoms with Gasteiger partial charge in [0.15, 0.2) is 5.82 Å². The lowest BCUT2D eigenvalue weighted by atomic mass is 10.2. The summed E-state index contributed by atoms with van der Waals surface area (Å²) < 4.78 is 6.10. The number of nitrogen functional groups attached to an aromatic ring is 1. The average Bonchev–Trinajstić information content (AvgIpc) is 3.22. The molecular formula is C13H14BrN5O. The number of benzene rings is 1. The molecule has 1 saturated carbocycles. The van der Waals surface area contributed by atoms with E-state index in [1.807, 2.05) is 18.2 Å². The summed E-state index contributed by atoms with van der Waals surface area (Å²) in [6.07, 6.45) is 2.29. The summed E-state index contributed by atoms with van der Waals surface area (Å²) >= 11 is 3.49. The summed E-state index contributed by atoms with van der Waals surface area (Å²) in [5, 5.41) is 3.23. The van der Waals surface area contributed by atoms with Crippen LogP contribution in [-0.2, 0) is 0 Å². The van der Waals surface area contributed by atoms with Gasteiger partial charge in [0.05, 0.1) is 7.11 Å². The molecule has 0 atom stereocenters. The van der Waals surface area contributed by atoms with E-state index in [-0.39, 0.29) is 5.95 Å². The highest BCUT2D eigenvalue weighted by Gasteiger charge is 2.22. The van der Waals surface area contributed by atoms with Crippen LogP contribution in [0.2, 0.25) is 0 Å². The van der Waals surface area contributed by atoms with Crippen LogP contribution in [0.3, 0.4) is 0 Å². The van der Waals surface area contributed by atoms with Crippen LogP contribution in [-0.4, -0.2) is 28.1 Å². The molecule has 3 N–H and O–H groups in total. The third kappa shape index (κ3) is 2.82. The van der Waals surface area contributed by atoms with E-state index in [0.29, 0.717) is 17.8 Å². The summed E-state index contributed by atoms with van der Waals surface area (Å²) in [6.45, 7) is 0. The number of methoxy groups -OCH3 is 1. The fourth-order valence-corrected chi connectivity index (χ4v) is 2.21. The second kappa shape index (κ2) is 5.24. The first-order valence-corrected chi connectivity index (χ1v) is 7.07. The van der Waals surface area contributed by atoms with Gasteiger partial charge in [0, 0.05) is 16.1 Å². The third-order valence-corrected chi connectivity index (χ3v) is 3.67. The number of hydrogen-bond acceptors (Lipinski definition) is 6. The number of hydrogen-bond donors (Lipinski definition) is 2. The monoisotopic (exact) mass is 335 g/mol. The van der Waals surface area contributed by atoms with Crippen molar-refractivity contribution in [2.24, 2.45) is 0 Å². The Balaban J connectivity index is 2.01. The number of ether oxygens (including phenoxy) is 1. The van der Waals surface area contributed by atoms with Crippen LogP contribution in [0.25, 0.3) is 11.4 Å². The number of nitrogens with zero attached hydrogens (tertiary/aromatic N) is 3. The van der Waals surface area contributed by atoms with Gasteiger partial charge in [-0.25, -0.2) is 0 Å². The molecule has 0 radical (unpaired) electrons. The van der Waals surface area contributed by atoms with Crippen molar-refractivity contribution in [3.63, 3.8) is 0 Å². The van der Waals surface area contributed by atoms with Gasteiger partial charge in [0.25, 0.3) is 0 Å². The van der Waals surface area contributed by atoms with Crippen LogP contribution >= 0.6 is 15.9 Å². The summed E-state index contributed by atoms with van der Waals surface area (Å²) in [7, 11) is 1.62. The number of anilines is 2. The van der Waals surface area contributed by atoms with E-state index >= 15 is 0 Å². The number of nitrogens with one attached hydrogen (secondary N) is 1. The molecule has 0 aliphatic heterocycles. The first kappa shape index (κ1) is 13.1. The zero-order valence-electron chi connectivity index (χ0n) is 10.9. The van der Waals surface area contributed by atoms with Crippen molar-refractivity contribution in [2.75, 3.05) is 18.2 Å². The molecule has 1 heterocycles. The van der Waals surface area contributed by atoms with Crippen LogP contribution in [0.4, 0.5) is 11.9 Å². The Hall–Kier alpha value is -1.89. The standard InChI is InChI=1S/C13H14BrN5O/c1-20-8-4-5-10(14)9(6-8)11-17-12(15)19-13(18-11)16-7-2-3-7/h4-7H,2-3H2,1H3,(H3,15,16,17,18,19). The topological polar surface area (TPSA) is 86.0 Å². The second-order valence-electron chi connectivity index (χ2n) is 4.61. The van der Waals surface area contributed by atoms with Gasteiger partial charge in [0.2, 0.25) is 11.9 Å². The zero-order chi connectivity index (χ0) is 14.1. The highest BCUT2D eigenvalue weighted by molar-refractivity contribution is 9.10. The maximum Gasteiger partial charge on any atom is 0.228 e. The SMILES string of the molecule is COc1ccc(Br)c(-c2nc(N)nc(NC3CC3)n2)c1. The molecular weight excluding hydrogens is 322 g/mol. The molecule has 7 heteroatoms. The van der Waals surface area contributed by atoms with E-state index in [4.69, 9.17) is 10.5 Å². The fourth-order valence-electron chi connectivity index (χ4n) is 1.79. The molecule has 1 aliphatic carbocycles. The lowest BCUT2D eigenvalue weighted by Gasteiger charge is -2.09. The predicted octanol–water partition coefficient (Wildman–Crippen LogP) is 2.47. The Labute approximate surface area is 124 Å². The van der Waals surface area contributed by atoms with Crippen molar-refractivity contribution < 1.29 is 4.74 Å². The first-order valence-electron chi connectivity index (χ1n) is 6.27. The Morgan fingerprint density at radius 2 is 2.10 bits per heavy atom. The van der Waals surface area contributed by atoms with Crippen LogP contribution in [0.5, 0.6) is 5.75 Å². The minimum absolute atomic E-state index is 0.202. The fraction of sp³-hybridized carbons (Fsp3) is 0.308. The molecule has 2 aromatic rings. The van der Waals surface area contributed by atoms with Gasteiger partial charge in [-0.2, -0.15) is 15.0 Å². The molecule has 1 aromatic carbocycles. The first-order chi connectivity index (χ1) is 9.65. The van der Waals surface area contributed by atoms with Gasteiger partial charge in [-0.3, -0.25) is 0 Å². The van der Waals surface area contributed by atoms with E-state index in [0.717, 1.165) is 28.6 Å². The minimum Gasteiger partial charge on any atom is -0.497 e. The highest BCUT2D eigenvalue weighted by Crippen LogP contribution is 2.31. The van der Waals surface area contributed by atoms with Crippen molar-refractivity contribution in [2.45, 2.75) is 18.9 Å². The van der Waals surface area contributed by atoms with Crippen molar-refractivity contribution in [1.82, 2.24) is 15.0 Å². The van der Waals surface area contributed by atoms with Crippen LogP contribution < -0.4 is 15.8 Å². The lowest BCUT2D eigenvalue weighted by Crippen LogP contribution is -2.09. The quantitative estimate of drug-likeness (QED) is 0.892. The molecule has 1 aromatic heterocycles. The molecule has 1 fully saturated rings. The molecule has 0 amide bonds. The van der Waals surface area contributed by atoms with E-state index in [1.165, 1.54) is 0 Å². The van der Waals surface area contributed by atoms with Crippen LogP contribution in [0.1, 0.15) is 12.8 Å². The maximum atomic E-state index is 5.76. The molecule has 0 unspecified atom stereocenters. The summed E-state index contributed by atoms with van der Waals surface area (Å²) in [5.74, 6) is 1.97. The van der Waals surface area contributed by atoms with Gasteiger partial charge < -0.3 is 15.8 Å². The second-order valence-corrected chi connectivity index (χ2v) is 5.46. The molecule has 0 bridgehead atoms. The summed E-state index contributed by atoms with van der Waals surface area (Å²) in [4.78, 5) is 12.7. The minimum atomic E-state index is 0.202. The normalized spacial score (nSPS) is 14.1. The zero-order valence-corrected chi connectivity index (χ0v) is 12.5. The average molecular weight is 336 g/mol. The van der Waals surface area contributed by atoms with Gasteiger partial charge >= 0.3 is 0 Å². The Morgan fingerprint density at radius 3 is 2.80 bits per heavy atom. The van der Waals surface area contributed by atoms with Crippen LogP contribution in [0.15, 0.2) is 22.7 Å². The largest absolute Gasteiger partial charge is 0.497 e. The summed E-state index contributed by atoms with van der Waals surface area (Å²) in [5.41, 5.74) is 6.58. The highest BCUT2D eigenvalue weighted by atomic mass is 79.9. The Morgan fingerprint density at radius 1 is 1.30 bits per heavy atom. The molecule has 3 rings (SSSR count). The maximum absolute atomic E-state index is 5.76. The van der Waals surface area contributed by atoms with Gasteiger partial charge in [0.1, 0.15) is 5.75 Å². The van der Waals surface area contributed by atoms with Gasteiger partial charge in [-0.15, -0.1) is 0 Å². The molecule has 0 saturated heterocycles. The van der Waals surface area contributed by atoms with Crippen molar-refractivity contribution >= 4 is 27.8 Å². The van der Waals surface area contributed by atoms with E-state index in [2.05, 4.69) is 36.2 Å². The van der Waals surface area contributed by atoms with E-state index in [9.17, 15) is 0 Å². The van der Waals surface area contributed by atoms with E-state index in [1.54, 1.807) is 7.11 Å². The van der Waals surface area contributed by atoms with E-state index < -0.39 is 0 Å². The van der Waals surface area contributed by atoms with Gasteiger partial charge in [-0.05, 0) is 31.0 Å². The van der Waals surface area contributed by atoms with Crippen molar-refractivity contribution in [3.05, 3.63) is 22.7 Å². The van der Waals surface area contributed by atoms with Crippen molar-refractivity contribution in [1.29, 1.82) is 0 Å². The number of rotatable bonds is 4. The van der Waals surface area contributed by atoms with Crippen LogP contribution in [0, 0.1) is 0 Å². The molecule has 104 valence electrons. The Bertz CT molecular complexity index is 645. The molecule has 0 spiro atoms. The summed E-state index contributed by atoms with van der Waals surface area (Å²) in [6, 6.07) is 6.07. The van der Waals surface area contributed by atoms with Gasteiger partial charge in [-0.1, -0.05) is 15.9 Å². The predicted molar refractivity (Wildman–Crippen MR) is 80.6 cm³/mol. The molecule has 6 nitrogen and oxygen atoms in total. The Kier molecular flexibility index (Phi) is 3.43. The lowest BCUT2D eigenvalue weighted by molar-refractivity contribution is 0.415. The third-order valence-electron chi connectivity index (χ3n) is 2.98. The number of aromatic nitrogens is 3. The molecule has 1 aliphatic rings.